The molecular formula is C26H31ClF2N6O4S2. The van der Waals surface area contributed by atoms with Crippen molar-refractivity contribution in [3.05, 3.63) is 71.4 Å². The highest BCUT2D eigenvalue weighted by Gasteiger charge is 2.37. The third-order valence-electron chi connectivity index (χ3n) is 6.84. The molecule has 2 aromatic carbocycles. The molecule has 0 aliphatic carbocycles. The van der Waals surface area contributed by atoms with E-state index in [4.69, 9.17) is 11.6 Å². The van der Waals surface area contributed by atoms with Gasteiger partial charge in [-0.1, -0.05) is 23.7 Å². The third kappa shape index (κ3) is 6.95. The second kappa shape index (κ2) is 11.8. The van der Waals surface area contributed by atoms with Crippen LogP contribution in [0.25, 0.3) is 0 Å². The van der Waals surface area contributed by atoms with E-state index in [-0.39, 0.29) is 52.2 Å². The Labute approximate surface area is 243 Å². The molecule has 1 fully saturated rings. The molecule has 1 aromatic heterocycles. The maximum absolute atomic E-state index is 15.1. The molecule has 0 bridgehead atoms. The van der Waals surface area contributed by atoms with Gasteiger partial charge in [-0.2, -0.15) is 4.31 Å². The number of benzene rings is 2. The average molecular weight is 629 g/mol. The van der Waals surface area contributed by atoms with Gasteiger partial charge in [0.25, 0.3) is 10.0 Å². The van der Waals surface area contributed by atoms with Gasteiger partial charge in [-0.15, -0.1) is 0 Å². The molecule has 10 nitrogen and oxygen atoms in total. The van der Waals surface area contributed by atoms with E-state index in [1.165, 1.54) is 48.6 Å². The van der Waals surface area contributed by atoms with Crippen molar-refractivity contribution in [1.82, 2.24) is 19.2 Å². The maximum atomic E-state index is 15.1. The molecule has 3 aromatic rings. The van der Waals surface area contributed by atoms with E-state index in [1.807, 2.05) is 4.90 Å². The van der Waals surface area contributed by atoms with Gasteiger partial charge in [-0.3, -0.25) is 4.72 Å². The van der Waals surface area contributed by atoms with Crippen molar-refractivity contribution in [2.24, 2.45) is 0 Å². The number of likely N-dealkylation sites (N-methyl/N-ethyl adjacent to an activating group) is 1. The normalized spacial score (nSPS) is 18.8. The van der Waals surface area contributed by atoms with Crippen LogP contribution in [0.1, 0.15) is 25.8 Å². The van der Waals surface area contributed by atoms with Gasteiger partial charge in [0, 0.05) is 31.4 Å². The molecule has 1 saturated heterocycles. The largest absolute Gasteiger partial charge is 0.379 e. The molecule has 0 spiro atoms. The second-order valence-electron chi connectivity index (χ2n) is 10.4. The minimum Gasteiger partial charge on any atom is -0.379 e. The van der Waals surface area contributed by atoms with Gasteiger partial charge in [-0.05, 0) is 70.3 Å². The highest BCUT2D eigenvalue weighted by molar-refractivity contribution is 7.92. The molecule has 2 heterocycles. The molecule has 2 atom stereocenters. The number of hydrogen-bond acceptors (Lipinski definition) is 8. The Morgan fingerprint density at radius 2 is 1.85 bits per heavy atom. The van der Waals surface area contributed by atoms with Gasteiger partial charge in [0.05, 0.1) is 15.6 Å². The van der Waals surface area contributed by atoms with Crippen molar-refractivity contribution in [1.29, 1.82) is 0 Å². The summed E-state index contributed by atoms with van der Waals surface area (Å²) in [6.45, 7) is 2.97. The zero-order valence-electron chi connectivity index (χ0n) is 22.8. The predicted octanol–water partition coefficient (Wildman–Crippen LogP) is 4.08. The fourth-order valence-electron chi connectivity index (χ4n) is 4.58. The molecule has 15 heteroatoms. The molecule has 4 rings (SSSR count). The van der Waals surface area contributed by atoms with Crippen molar-refractivity contribution in [3.8, 4) is 0 Å². The molecule has 1 aliphatic heterocycles. The first-order valence-electron chi connectivity index (χ1n) is 12.6. The molecule has 0 radical (unpaired) electrons. The molecule has 0 saturated carbocycles. The number of nitrogens with zero attached hydrogens (tertiary/aromatic N) is 4. The van der Waals surface area contributed by atoms with Crippen molar-refractivity contribution >= 4 is 43.2 Å². The summed E-state index contributed by atoms with van der Waals surface area (Å²) in [6.07, 6.45) is 2.82. The Bertz CT molecular complexity index is 1620. The number of hydrogen-bond donors (Lipinski definition) is 2. The summed E-state index contributed by atoms with van der Waals surface area (Å²) in [5.74, 6) is -1.07. The van der Waals surface area contributed by atoms with Gasteiger partial charge in [-0.25, -0.2) is 35.6 Å². The molecule has 1 aliphatic rings. The third-order valence-corrected chi connectivity index (χ3v) is 10.4. The molecule has 222 valence electrons. The monoisotopic (exact) mass is 628 g/mol. The van der Waals surface area contributed by atoms with Gasteiger partial charge in [0.15, 0.2) is 0 Å². The van der Waals surface area contributed by atoms with Crippen LogP contribution in [-0.2, 0) is 25.7 Å². The number of halogens is 3. The SMILES string of the molecule is CN(C)[C@H]1CN(S(=O)(=O)c2cccc(C(C)(C)F)c2)CC[C@@H]1Nc1cc(F)c(S(=O)(=O)Nc2ccncn2)cc1Cl. The lowest BCUT2D eigenvalue weighted by molar-refractivity contribution is 0.175. The van der Waals surface area contributed by atoms with E-state index >= 15 is 4.39 Å². The number of rotatable bonds is 9. The number of anilines is 2. The predicted molar refractivity (Wildman–Crippen MR) is 153 cm³/mol. The van der Waals surface area contributed by atoms with Crippen LogP contribution in [0, 0.1) is 5.82 Å². The molecule has 2 N–H and O–H groups in total. The summed E-state index contributed by atoms with van der Waals surface area (Å²) < 4.78 is 85.6. The zero-order valence-corrected chi connectivity index (χ0v) is 25.2. The lowest BCUT2D eigenvalue weighted by atomic mass is 9.99. The summed E-state index contributed by atoms with van der Waals surface area (Å²) in [5.41, 5.74) is -1.28. The minimum absolute atomic E-state index is 0.00197. The minimum atomic E-state index is -4.34. The first kappa shape index (κ1) is 31.0. The highest BCUT2D eigenvalue weighted by atomic mass is 35.5. The fraction of sp³-hybridized carbons (Fsp3) is 0.385. The van der Waals surface area contributed by atoms with Crippen LogP contribution in [0.15, 0.2) is 64.8 Å². The first-order valence-corrected chi connectivity index (χ1v) is 15.9. The summed E-state index contributed by atoms with van der Waals surface area (Å²) in [6, 6.07) is 8.46. The van der Waals surface area contributed by atoms with Crippen molar-refractivity contribution in [3.63, 3.8) is 0 Å². The number of sulfonamides is 2. The van der Waals surface area contributed by atoms with Crippen LogP contribution in [-0.4, -0.2) is 75.3 Å². The number of aromatic nitrogens is 2. The average Bonchev–Trinajstić information content (AvgIpc) is 2.90. The molecule has 0 unspecified atom stereocenters. The van der Waals surface area contributed by atoms with Crippen LogP contribution >= 0.6 is 11.6 Å². The van der Waals surface area contributed by atoms with Crippen molar-refractivity contribution in [2.75, 3.05) is 37.2 Å². The number of piperidine rings is 1. The summed E-state index contributed by atoms with van der Waals surface area (Å²) in [7, 11) is -4.68. The Balaban J connectivity index is 1.54. The Morgan fingerprint density at radius 1 is 1.12 bits per heavy atom. The van der Waals surface area contributed by atoms with E-state index in [9.17, 15) is 21.2 Å². The van der Waals surface area contributed by atoms with Crippen LogP contribution in [0.2, 0.25) is 5.02 Å². The molecular weight excluding hydrogens is 598 g/mol. The summed E-state index contributed by atoms with van der Waals surface area (Å²) in [4.78, 5) is 8.68. The van der Waals surface area contributed by atoms with Gasteiger partial charge in [0.2, 0.25) is 10.0 Å². The lowest BCUT2D eigenvalue weighted by Gasteiger charge is -2.41. The maximum Gasteiger partial charge on any atom is 0.266 e. The Kier molecular flexibility index (Phi) is 8.90. The van der Waals surface area contributed by atoms with Crippen LogP contribution in [0.5, 0.6) is 0 Å². The lowest BCUT2D eigenvalue weighted by Crippen LogP contribution is -2.56. The summed E-state index contributed by atoms with van der Waals surface area (Å²) in [5, 5.41) is 3.14. The van der Waals surface area contributed by atoms with Crippen LogP contribution in [0.4, 0.5) is 20.3 Å². The standard InChI is InChI=1S/C26H31ClF2N6O4S2/c1-26(2,29)17-6-5-7-18(12-17)41(38,39)35-11-9-21(23(15-35)34(3)4)32-22-14-20(28)24(13-19(22)27)40(36,37)33-25-8-10-30-16-31-25/h5-8,10,12-14,16,21,23,32H,9,11,15H2,1-4H3,(H,30,31,33)/t21-,23-/m0/s1. The first-order chi connectivity index (χ1) is 19.1. The fourth-order valence-corrected chi connectivity index (χ4v) is 7.47. The van der Waals surface area contributed by atoms with Crippen molar-refractivity contribution in [2.45, 2.75) is 47.8 Å². The van der Waals surface area contributed by atoms with Crippen molar-refractivity contribution < 1.29 is 25.6 Å². The smallest absolute Gasteiger partial charge is 0.266 e. The Morgan fingerprint density at radius 3 is 2.49 bits per heavy atom. The van der Waals surface area contributed by atoms with Gasteiger partial charge in [0.1, 0.15) is 28.5 Å². The van der Waals surface area contributed by atoms with E-state index in [1.54, 1.807) is 20.2 Å². The topological polar surface area (TPSA) is 125 Å². The second-order valence-corrected chi connectivity index (χ2v) is 14.4. The van der Waals surface area contributed by atoms with E-state index in [2.05, 4.69) is 20.0 Å². The molecule has 41 heavy (non-hydrogen) atoms. The zero-order chi connectivity index (χ0) is 30.2. The highest BCUT2D eigenvalue weighted by Crippen LogP contribution is 2.33. The van der Waals surface area contributed by atoms with E-state index in [0.29, 0.717) is 6.42 Å². The number of nitrogens with one attached hydrogen (secondary N) is 2. The molecule has 0 amide bonds. The quantitative estimate of drug-likeness (QED) is 0.363. The van der Waals surface area contributed by atoms with Crippen LogP contribution in [0.3, 0.4) is 0 Å². The summed E-state index contributed by atoms with van der Waals surface area (Å²) >= 11 is 6.39. The number of alkyl halides is 1. The van der Waals surface area contributed by atoms with Gasteiger partial charge >= 0.3 is 0 Å². The Hall–Kier alpha value is -2.91. The van der Waals surface area contributed by atoms with Crippen LogP contribution < -0.4 is 10.0 Å². The van der Waals surface area contributed by atoms with Gasteiger partial charge < -0.3 is 10.2 Å². The van der Waals surface area contributed by atoms with E-state index in [0.717, 1.165) is 18.5 Å². The van der Waals surface area contributed by atoms with E-state index < -0.39 is 36.4 Å².